The van der Waals surface area contributed by atoms with Crippen molar-refractivity contribution in [2.75, 3.05) is 0 Å². The number of nitrogens with one attached hydrogen (secondary N) is 1. The molecule has 106 valence electrons. The quantitative estimate of drug-likeness (QED) is 0.858. The Balaban J connectivity index is 1.83. The minimum absolute atomic E-state index is 0.154. The molecule has 0 bridgehead atoms. The summed E-state index contributed by atoms with van der Waals surface area (Å²) < 4.78 is 5.22. The van der Waals surface area contributed by atoms with Crippen LogP contribution < -0.4 is 5.32 Å². The summed E-state index contributed by atoms with van der Waals surface area (Å²) in [7, 11) is 0. The Morgan fingerprint density at radius 1 is 1.24 bits per heavy atom. The Kier molecular flexibility index (Phi) is 3.66. The zero-order valence-electron chi connectivity index (χ0n) is 11.7. The van der Waals surface area contributed by atoms with E-state index in [4.69, 9.17) is 4.42 Å². The van der Waals surface area contributed by atoms with Gasteiger partial charge in [-0.05, 0) is 61.0 Å². The number of nitrogens with zero attached hydrogens (tertiary/aromatic N) is 1. The number of carbonyl (C=O) groups excluding carboxylic acids is 1. The predicted octanol–water partition coefficient (Wildman–Crippen LogP) is 3.79. The molecular formula is C16H14N2O2S. The summed E-state index contributed by atoms with van der Waals surface area (Å²) in [6, 6.07) is 9.56. The fourth-order valence-electron chi connectivity index (χ4n) is 1.90. The van der Waals surface area contributed by atoms with E-state index in [9.17, 15) is 4.79 Å². The first kappa shape index (κ1) is 13.7. The van der Waals surface area contributed by atoms with Crippen molar-refractivity contribution in [3.05, 3.63) is 58.4 Å². The topological polar surface area (TPSA) is 54.6 Å². The smallest absolute Gasteiger partial charge is 0.264 e. The maximum atomic E-state index is 11.9. The number of benzene rings is 1. The summed E-state index contributed by atoms with van der Waals surface area (Å²) in [6.45, 7) is 4.10. The largest absolute Gasteiger partial charge is 0.465 e. The molecule has 4 nitrogen and oxygen atoms in total. The Morgan fingerprint density at radius 3 is 2.81 bits per heavy atom. The molecule has 1 aromatic heterocycles. The predicted molar refractivity (Wildman–Crippen MR) is 85.4 cm³/mol. The van der Waals surface area contributed by atoms with Crippen molar-refractivity contribution in [2.24, 2.45) is 4.99 Å². The molecule has 1 aromatic carbocycles. The summed E-state index contributed by atoms with van der Waals surface area (Å²) in [6.07, 6.45) is 3.29. The van der Waals surface area contributed by atoms with Gasteiger partial charge in [-0.25, -0.2) is 4.99 Å². The van der Waals surface area contributed by atoms with E-state index in [0.717, 1.165) is 5.69 Å². The van der Waals surface area contributed by atoms with Crippen LogP contribution in [0.5, 0.6) is 0 Å². The second kappa shape index (κ2) is 5.61. The lowest BCUT2D eigenvalue weighted by Gasteiger charge is -2.01. The van der Waals surface area contributed by atoms with Crippen LogP contribution in [0.2, 0.25) is 0 Å². The first-order valence-electron chi connectivity index (χ1n) is 6.52. The lowest BCUT2D eigenvalue weighted by Crippen LogP contribution is -2.19. The van der Waals surface area contributed by atoms with Crippen molar-refractivity contribution >= 4 is 34.6 Å². The molecule has 0 atom stereocenters. The number of aliphatic imine (C=N–C) groups is 1. The van der Waals surface area contributed by atoms with Crippen molar-refractivity contribution in [3.8, 4) is 0 Å². The highest BCUT2D eigenvalue weighted by molar-refractivity contribution is 8.18. The van der Waals surface area contributed by atoms with Gasteiger partial charge in [0.05, 0.1) is 16.9 Å². The molecule has 0 saturated carbocycles. The van der Waals surface area contributed by atoms with Gasteiger partial charge in [0.2, 0.25) is 0 Å². The summed E-state index contributed by atoms with van der Waals surface area (Å²) in [4.78, 5) is 16.9. The van der Waals surface area contributed by atoms with Crippen LogP contribution in [0.25, 0.3) is 6.08 Å². The van der Waals surface area contributed by atoms with Crippen molar-refractivity contribution in [3.63, 3.8) is 0 Å². The summed E-state index contributed by atoms with van der Waals surface area (Å²) in [5, 5.41) is 3.35. The van der Waals surface area contributed by atoms with E-state index in [2.05, 4.69) is 17.2 Å². The molecule has 21 heavy (non-hydrogen) atoms. The number of amides is 1. The van der Waals surface area contributed by atoms with E-state index < -0.39 is 0 Å². The number of furan rings is 1. The van der Waals surface area contributed by atoms with Gasteiger partial charge in [-0.3, -0.25) is 4.79 Å². The lowest BCUT2D eigenvalue weighted by atomic mass is 10.1. The van der Waals surface area contributed by atoms with Crippen LogP contribution in [0, 0.1) is 13.8 Å². The van der Waals surface area contributed by atoms with Crippen LogP contribution in [-0.2, 0) is 4.79 Å². The number of hydrogen-bond donors (Lipinski definition) is 1. The van der Waals surface area contributed by atoms with Gasteiger partial charge in [-0.2, -0.15) is 0 Å². The molecule has 1 aliphatic heterocycles. The monoisotopic (exact) mass is 298 g/mol. The van der Waals surface area contributed by atoms with Crippen molar-refractivity contribution < 1.29 is 9.21 Å². The van der Waals surface area contributed by atoms with Gasteiger partial charge in [0, 0.05) is 6.08 Å². The second-order valence-corrected chi connectivity index (χ2v) is 5.80. The van der Waals surface area contributed by atoms with E-state index in [-0.39, 0.29) is 5.91 Å². The molecule has 0 aliphatic carbocycles. The summed E-state index contributed by atoms with van der Waals surface area (Å²) in [5.74, 6) is 0.499. The number of thioether (sulfide) groups is 1. The minimum Gasteiger partial charge on any atom is -0.465 e. The van der Waals surface area contributed by atoms with Gasteiger partial charge in [-0.1, -0.05) is 6.07 Å². The molecule has 1 fully saturated rings. The highest BCUT2D eigenvalue weighted by atomic mass is 32.2. The number of hydrogen-bond acceptors (Lipinski definition) is 4. The molecule has 3 rings (SSSR count). The lowest BCUT2D eigenvalue weighted by molar-refractivity contribution is -0.115. The molecule has 2 aromatic rings. The molecule has 1 saturated heterocycles. The maximum absolute atomic E-state index is 11.9. The highest BCUT2D eigenvalue weighted by Gasteiger charge is 2.24. The number of aryl methyl sites for hydroxylation is 2. The molecule has 0 spiro atoms. The first-order chi connectivity index (χ1) is 10.1. The maximum Gasteiger partial charge on any atom is 0.264 e. The van der Waals surface area contributed by atoms with Crippen molar-refractivity contribution in [1.82, 2.24) is 5.32 Å². The van der Waals surface area contributed by atoms with Gasteiger partial charge < -0.3 is 9.73 Å². The third-order valence-electron chi connectivity index (χ3n) is 3.19. The number of rotatable bonds is 2. The van der Waals surface area contributed by atoms with Crippen LogP contribution in [0.1, 0.15) is 16.9 Å². The average molecular weight is 298 g/mol. The fourth-order valence-corrected chi connectivity index (χ4v) is 2.72. The molecule has 0 unspecified atom stereocenters. The van der Waals surface area contributed by atoms with E-state index in [1.807, 2.05) is 25.1 Å². The van der Waals surface area contributed by atoms with E-state index in [1.165, 1.54) is 22.9 Å². The fraction of sp³-hybridized carbons (Fsp3) is 0.125. The van der Waals surface area contributed by atoms with Crippen LogP contribution in [0.4, 0.5) is 5.69 Å². The van der Waals surface area contributed by atoms with Crippen molar-refractivity contribution in [2.45, 2.75) is 13.8 Å². The van der Waals surface area contributed by atoms with Crippen LogP contribution in [0.15, 0.2) is 50.9 Å². The Hall–Kier alpha value is -2.27. The third-order valence-corrected chi connectivity index (χ3v) is 4.10. The SMILES string of the molecule is Cc1ccc(N=C2NC(=O)C(=Cc3ccco3)S2)cc1C. The Bertz CT molecular complexity index is 746. The van der Waals surface area contributed by atoms with Crippen LogP contribution >= 0.6 is 11.8 Å². The van der Waals surface area contributed by atoms with Crippen molar-refractivity contribution in [1.29, 1.82) is 0 Å². The zero-order valence-corrected chi connectivity index (χ0v) is 12.5. The van der Waals surface area contributed by atoms with Gasteiger partial charge in [-0.15, -0.1) is 0 Å². The Morgan fingerprint density at radius 2 is 2.10 bits per heavy atom. The molecule has 1 aliphatic rings. The van der Waals surface area contributed by atoms with E-state index in [1.54, 1.807) is 24.5 Å². The van der Waals surface area contributed by atoms with Gasteiger partial charge >= 0.3 is 0 Å². The van der Waals surface area contributed by atoms with Crippen LogP contribution in [0.3, 0.4) is 0 Å². The Labute approximate surface area is 127 Å². The number of carbonyl (C=O) groups is 1. The second-order valence-electron chi connectivity index (χ2n) is 4.77. The zero-order chi connectivity index (χ0) is 14.8. The highest BCUT2D eigenvalue weighted by Crippen LogP contribution is 2.28. The molecular weight excluding hydrogens is 284 g/mol. The molecule has 0 radical (unpaired) electrons. The minimum atomic E-state index is -0.154. The number of amidine groups is 1. The third kappa shape index (κ3) is 3.08. The molecule has 1 amide bonds. The molecule has 2 heterocycles. The molecule has 1 N–H and O–H groups in total. The van der Waals surface area contributed by atoms with E-state index in [0.29, 0.717) is 15.8 Å². The first-order valence-corrected chi connectivity index (χ1v) is 7.34. The average Bonchev–Trinajstić information content (AvgIpc) is 3.06. The van der Waals surface area contributed by atoms with E-state index >= 15 is 0 Å². The summed E-state index contributed by atoms with van der Waals surface area (Å²) in [5.41, 5.74) is 3.23. The normalized spacial score (nSPS) is 18.5. The van der Waals surface area contributed by atoms with Gasteiger partial charge in [0.15, 0.2) is 5.17 Å². The standard InChI is InChI=1S/C16H14N2O2S/c1-10-5-6-12(8-11(10)2)17-16-18-15(19)14(21-16)9-13-4-3-7-20-13/h3-9H,1-2H3,(H,17,18,19). The summed E-state index contributed by atoms with van der Waals surface area (Å²) >= 11 is 1.31. The van der Waals surface area contributed by atoms with Gasteiger partial charge in [0.1, 0.15) is 5.76 Å². The molecule has 5 heteroatoms. The van der Waals surface area contributed by atoms with Crippen LogP contribution in [-0.4, -0.2) is 11.1 Å². The van der Waals surface area contributed by atoms with Gasteiger partial charge in [0.25, 0.3) is 5.91 Å².